The Bertz CT molecular complexity index is 1540. The molecule has 2 aliphatic heterocycles. The first-order chi connectivity index (χ1) is 17.9. The molecule has 0 aliphatic carbocycles. The predicted octanol–water partition coefficient (Wildman–Crippen LogP) is 3.87. The Morgan fingerprint density at radius 3 is 2.78 bits per heavy atom. The molecular formula is C24H20ClF2N9O. The number of nitrogens with one attached hydrogen (secondary N) is 1. The zero-order valence-corrected chi connectivity index (χ0v) is 20.0. The van der Waals surface area contributed by atoms with Gasteiger partial charge in [0, 0.05) is 17.7 Å². The van der Waals surface area contributed by atoms with E-state index in [-0.39, 0.29) is 40.0 Å². The van der Waals surface area contributed by atoms with Crippen LogP contribution in [0.5, 0.6) is 0 Å². The van der Waals surface area contributed by atoms with Crippen molar-refractivity contribution in [3.05, 3.63) is 71.0 Å². The molecule has 0 spiro atoms. The largest absolute Gasteiger partial charge is 0.384 e. The van der Waals surface area contributed by atoms with Crippen molar-refractivity contribution in [3.8, 4) is 16.9 Å². The maximum absolute atomic E-state index is 15.3. The predicted molar refractivity (Wildman–Crippen MR) is 130 cm³/mol. The fourth-order valence-corrected chi connectivity index (χ4v) is 5.34. The number of allylic oxidation sites excluding steroid dienone is 1. The molecule has 0 radical (unpaired) electrons. The third-order valence-electron chi connectivity index (χ3n) is 6.86. The monoisotopic (exact) mass is 523 g/mol. The molecule has 1 aromatic carbocycles. The molecule has 0 unspecified atom stereocenters. The summed E-state index contributed by atoms with van der Waals surface area (Å²) in [6.45, 7) is 0. The number of aromatic nitrogens is 7. The van der Waals surface area contributed by atoms with Gasteiger partial charge < -0.3 is 15.6 Å². The van der Waals surface area contributed by atoms with E-state index < -0.39 is 11.8 Å². The highest BCUT2D eigenvalue weighted by Gasteiger charge is 2.40. The maximum atomic E-state index is 15.3. The lowest BCUT2D eigenvalue weighted by atomic mass is 9.96. The van der Waals surface area contributed by atoms with Gasteiger partial charge >= 0.3 is 0 Å². The third-order valence-corrected chi connectivity index (χ3v) is 7.15. The topological polar surface area (TPSA) is 132 Å². The first-order valence-corrected chi connectivity index (χ1v) is 12.0. The van der Waals surface area contributed by atoms with E-state index in [0.717, 1.165) is 6.42 Å². The van der Waals surface area contributed by atoms with E-state index in [1.54, 1.807) is 11.0 Å². The number of carbonyl (C=O) groups is 1. The molecule has 1 fully saturated rings. The van der Waals surface area contributed by atoms with Gasteiger partial charge in [-0.05, 0) is 65.9 Å². The van der Waals surface area contributed by atoms with E-state index in [1.165, 1.54) is 41.5 Å². The minimum Gasteiger partial charge on any atom is -0.384 e. The van der Waals surface area contributed by atoms with Crippen LogP contribution in [0.4, 0.5) is 14.6 Å². The molecule has 0 bridgehead atoms. The van der Waals surface area contributed by atoms with Gasteiger partial charge in [0.1, 0.15) is 18.0 Å². The van der Waals surface area contributed by atoms with E-state index in [4.69, 9.17) is 17.3 Å². The molecular weight excluding hydrogens is 504 g/mol. The highest BCUT2D eigenvalue weighted by atomic mass is 35.5. The molecule has 6 rings (SSSR count). The lowest BCUT2D eigenvalue weighted by Gasteiger charge is -2.27. The molecule has 1 saturated heterocycles. The van der Waals surface area contributed by atoms with Gasteiger partial charge in [-0.15, -0.1) is 5.10 Å². The van der Waals surface area contributed by atoms with Gasteiger partial charge in [0.05, 0.1) is 34.2 Å². The van der Waals surface area contributed by atoms with Crippen molar-refractivity contribution >= 4 is 28.9 Å². The van der Waals surface area contributed by atoms with Crippen molar-refractivity contribution in [1.82, 2.24) is 40.1 Å². The quantitative estimate of drug-likeness (QED) is 0.388. The summed E-state index contributed by atoms with van der Waals surface area (Å²) in [6, 6.07) is 5.68. The fourth-order valence-electron chi connectivity index (χ4n) is 5.18. The first kappa shape index (κ1) is 23.2. The van der Waals surface area contributed by atoms with Crippen molar-refractivity contribution in [2.24, 2.45) is 0 Å². The lowest BCUT2D eigenvalue weighted by Crippen LogP contribution is -2.35. The zero-order chi connectivity index (χ0) is 25.7. The van der Waals surface area contributed by atoms with Gasteiger partial charge in [0.25, 0.3) is 0 Å². The summed E-state index contributed by atoms with van der Waals surface area (Å²) in [4.78, 5) is 26.6. The van der Waals surface area contributed by atoms with Crippen LogP contribution >= 0.6 is 11.6 Å². The number of halogens is 3. The molecule has 1 amide bonds. The number of aromatic amines is 1. The average molecular weight is 524 g/mol. The van der Waals surface area contributed by atoms with Crippen LogP contribution in [0.3, 0.4) is 0 Å². The summed E-state index contributed by atoms with van der Waals surface area (Å²) in [5, 5.41) is 11.1. The smallest absolute Gasteiger partial charge is 0.247 e. The molecule has 3 aromatic heterocycles. The Hall–Kier alpha value is -4.19. The van der Waals surface area contributed by atoms with Crippen LogP contribution in [-0.2, 0) is 4.79 Å². The van der Waals surface area contributed by atoms with Crippen molar-refractivity contribution in [2.45, 2.75) is 37.8 Å². The Morgan fingerprint density at radius 1 is 1.14 bits per heavy atom. The van der Waals surface area contributed by atoms with E-state index in [1.807, 2.05) is 0 Å². The zero-order valence-electron chi connectivity index (χ0n) is 19.3. The number of nitrogens with two attached hydrogens (primary N) is 1. The standard InChI is InChI=1S/C24H20ClF2N9O/c25-15-5-7-17(35-11-30-33-34-35)21(22(15)26)12-1-2-13-3-6-18(36(13)20(37)9-12)24-29-10-16(31-24)14-4-8-19(28)32-23(14)27/h4-5,7-11,13,18H,1-3,6H2,(H2,28,32)(H,29,31)/t13-,18+/m1/s1. The number of benzene rings is 1. The van der Waals surface area contributed by atoms with Crippen molar-refractivity contribution in [2.75, 3.05) is 5.73 Å². The Labute approximate surface area is 214 Å². The number of nitrogen functional groups attached to an aromatic ring is 1. The second-order valence-electron chi connectivity index (χ2n) is 8.97. The van der Waals surface area contributed by atoms with Gasteiger partial charge in [0.2, 0.25) is 11.9 Å². The van der Waals surface area contributed by atoms with E-state index in [0.29, 0.717) is 42.0 Å². The van der Waals surface area contributed by atoms with E-state index in [9.17, 15) is 9.18 Å². The minimum atomic E-state index is -0.708. The number of amides is 1. The molecule has 3 N–H and O–H groups in total. The van der Waals surface area contributed by atoms with E-state index in [2.05, 4.69) is 30.5 Å². The molecule has 188 valence electrons. The second kappa shape index (κ2) is 9.04. The van der Waals surface area contributed by atoms with Crippen LogP contribution in [0.2, 0.25) is 5.02 Å². The van der Waals surface area contributed by atoms with Crippen LogP contribution in [0.25, 0.3) is 22.5 Å². The van der Waals surface area contributed by atoms with Gasteiger partial charge in [-0.3, -0.25) is 4.79 Å². The summed E-state index contributed by atoms with van der Waals surface area (Å²) < 4.78 is 31.0. The van der Waals surface area contributed by atoms with Gasteiger partial charge in [-0.25, -0.2) is 14.4 Å². The van der Waals surface area contributed by atoms with Crippen LogP contribution in [0.15, 0.2) is 42.9 Å². The minimum absolute atomic E-state index is 0.0599. The number of imidazole rings is 1. The fraction of sp³-hybridized carbons (Fsp3) is 0.250. The Balaban J connectivity index is 1.34. The highest BCUT2D eigenvalue weighted by Crippen LogP contribution is 2.42. The molecule has 10 nitrogen and oxygen atoms in total. The number of rotatable bonds is 4. The van der Waals surface area contributed by atoms with Crippen molar-refractivity contribution < 1.29 is 13.6 Å². The van der Waals surface area contributed by atoms with Crippen molar-refractivity contribution in [3.63, 3.8) is 0 Å². The summed E-state index contributed by atoms with van der Waals surface area (Å²) in [7, 11) is 0. The summed E-state index contributed by atoms with van der Waals surface area (Å²) >= 11 is 6.11. The molecule has 2 atom stereocenters. The van der Waals surface area contributed by atoms with Crippen molar-refractivity contribution in [1.29, 1.82) is 0 Å². The van der Waals surface area contributed by atoms with Crippen LogP contribution in [-0.4, -0.2) is 52.0 Å². The van der Waals surface area contributed by atoms with Crippen LogP contribution in [0.1, 0.15) is 43.1 Å². The molecule has 4 aromatic rings. The number of H-pyrrole nitrogens is 1. The van der Waals surface area contributed by atoms with E-state index >= 15 is 4.39 Å². The summed E-state index contributed by atoms with van der Waals surface area (Å²) in [6.07, 6.45) is 6.85. The SMILES string of the molecule is Nc1ccc(-c2cnc([C@@H]3CC[C@H]4CCC(c5c(-n6cnnn6)ccc(Cl)c5F)=CC(=O)N43)[nH]2)c(F)n1. The number of nitrogens with zero attached hydrogens (tertiary/aromatic N) is 7. The van der Waals surface area contributed by atoms with Crippen LogP contribution in [0, 0.1) is 11.8 Å². The second-order valence-corrected chi connectivity index (χ2v) is 9.37. The van der Waals surface area contributed by atoms with Crippen LogP contribution < -0.4 is 5.73 Å². The molecule has 2 aliphatic rings. The molecule has 13 heteroatoms. The molecule has 37 heavy (non-hydrogen) atoms. The number of fused-ring (bicyclic) bond motifs is 1. The summed E-state index contributed by atoms with van der Waals surface area (Å²) in [5.41, 5.74) is 7.32. The number of hydrogen-bond donors (Lipinski definition) is 2. The Morgan fingerprint density at radius 2 is 2.00 bits per heavy atom. The lowest BCUT2D eigenvalue weighted by molar-refractivity contribution is -0.128. The number of anilines is 1. The normalized spacial score (nSPS) is 19.6. The number of pyridine rings is 1. The Kier molecular flexibility index (Phi) is 5.67. The summed E-state index contributed by atoms with van der Waals surface area (Å²) in [5.74, 6) is -0.985. The van der Waals surface area contributed by atoms with Gasteiger partial charge in [-0.2, -0.15) is 9.07 Å². The highest BCUT2D eigenvalue weighted by molar-refractivity contribution is 6.31. The first-order valence-electron chi connectivity index (χ1n) is 11.6. The number of carbonyl (C=O) groups excluding carboxylic acids is 1. The average Bonchev–Trinajstić information content (AvgIpc) is 3.63. The third kappa shape index (κ3) is 4.02. The number of hydrogen-bond acceptors (Lipinski definition) is 7. The number of tetrazole rings is 1. The molecule has 0 saturated carbocycles. The van der Waals surface area contributed by atoms with Gasteiger partial charge in [0.15, 0.2) is 5.82 Å². The molecule has 5 heterocycles. The van der Waals surface area contributed by atoms with Gasteiger partial charge in [-0.1, -0.05) is 11.6 Å². The maximum Gasteiger partial charge on any atom is 0.247 e.